The van der Waals surface area contributed by atoms with Gasteiger partial charge in [-0.15, -0.1) is 0 Å². The van der Waals surface area contributed by atoms with Gasteiger partial charge in [0, 0.05) is 28.2 Å². The van der Waals surface area contributed by atoms with Gasteiger partial charge in [0.15, 0.2) is 23.1 Å². The molecule has 1 fully saturated rings. The minimum Gasteiger partial charge on any atom is -0.505 e. The number of phenolic OH excluding ortho intramolecular Hbond substituents is 1. The smallest absolute Gasteiger partial charge is 0.416 e. The molecule has 6 rings (SSSR count). The zero-order valence-electron chi connectivity index (χ0n) is 22.5. The van der Waals surface area contributed by atoms with Crippen LogP contribution in [-0.4, -0.2) is 28.5 Å². The fraction of sp³-hybridized carbons (Fsp3) is 0.290. The molecule has 2 aromatic rings. The Labute approximate surface area is 244 Å². The summed E-state index contributed by atoms with van der Waals surface area (Å²) in [4.78, 5) is 54.2. The molecule has 1 saturated heterocycles. The molecule has 0 aromatic heterocycles. The minimum absolute atomic E-state index is 0.0295. The van der Waals surface area contributed by atoms with Crippen molar-refractivity contribution >= 4 is 29.1 Å². The highest BCUT2D eigenvalue weighted by Crippen LogP contribution is 2.56. The second-order valence-corrected chi connectivity index (χ2v) is 11.2. The van der Waals surface area contributed by atoms with Gasteiger partial charge in [-0.1, -0.05) is 23.8 Å². The summed E-state index contributed by atoms with van der Waals surface area (Å²) in [5.74, 6) is -9.80. The van der Waals surface area contributed by atoms with Crippen molar-refractivity contribution in [3.8, 4) is 5.75 Å². The lowest BCUT2D eigenvalue weighted by molar-refractivity contribution is -0.143. The third-order valence-corrected chi connectivity index (χ3v) is 8.72. The molecule has 228 valence electrons. The maximum Gasteiger partial charge on any atom is 0.416 e. The first-order chi connectivity index (χ1) is 20.5. The monoisotopic (exact) mass is 619 g/mol. The molecular formula is C31H20F7NO5. The van der Waals surface area contributed by atoms with Gasteiger partial charge >= 0.3 is 12.4 Å². The topological polar surface area (TPSA) is 91.8 Å². The maximum atomic E-state index is 14.5. The standard InChI is InChI=1S/C31H20F7NO5/c1-12-7-22(40)20-11-19-16(23(25(20)26(12)41)17-3-2-4-21(32)27(17)42)5-6-18-24(19)29(44)39(28(18)43)15-9-13(30(33,34)35)8-14(10-15)31(36,37)38/h2-5,7-10,18-19,23-24,42H,6,11H2,1H3/t18-,19+,23+,24-/m0/s1. The number of Topliss-reactive ketones (excluding diaryl/α,β-unsaturated/α-hetero) is 1. The number of hydrogen-bond donors (Lipinski definition) is 1. The Morgan fingerprint density at radius 2 is 1.52 bits per heavy atom. The Morgan fingerprint density at radius 1 is 0.886 bits per heavy atom. The number of ketones is 2. The molecule has 0 spiro atoms. The van der Waals surface area contributed by atoms with Crippen molar-refractivity contribution in [1.29, 1.82) is 0 Å². The Balaban J connectivity index is 1.49. The minimum atomic E-state index is -5.23. The highest BCUT2D eigenvalue weighted by Gasteiger charge is 2.57. The first-order valence-corrected chi connectivity index (χ1v) is 13.4. The van der Waals surface area contributed by atoms with Crippen LogP contribution in [0.4, 0.5) is 36.4 Å². The molecule has 2 aromatic carbocycles. The molecule has 44 heavy (non-hydrogen) atoms. The van der Waals surface area contributed by atoms with Gasteiger partial charge in [-0.05, 0) is 56.0 Å². The number of allylic oxidation sites excluding steroid dienone is 6. The summed E-state index contributed by atoms with van der Waals surface area (Å²) in [6.45, 7) is 1.41. The first-order valence-electron chi connectivity index (χ1n) is 13.4. The van der Waals surface area contributed by atoms with E-state index in [1.165, 1.54) is 25.1 Å². The van der Waals surface area contributed by atoms with E-state index in [0.717, 1.165) is 12.1 Å². The Kier molecular flexibility index (Phi) is 6.53. The van der Waals surface area contributed by atoms with Crippen LogP contribution in [0.25, 0.3) is 0 Å². The van der Waals surface area contributed by atoms with Gasteiger partial charge in [0.05, 0.1) is 28.7 Å². The number of hydrogen-bond acceptors (Lipinski definition) is 5. The van der Waals surface area contributed by atoms with Crippen LogP contribution in [0.2, 0.25) is 0 Å². The van der Waals surface area contributed by atoms with Gasteiger partial charge in [0.2, 0.25) is 11.8 Å². The molecule has 3 aliphatic carbocycles. The number of fused-ring (bicyclic) bond motifs is 3. The molecule has 0 saturated carbocycles. The van der Waals surface area contributed by atoms with Gasteiger partial charge in [-0.25, -0.2) is 9.29 Å². The van der Waals surface area contributed by atoms with Crippen molar-refractivity contribution in [3.63, 3.8) is 0 Å². The first kappa shape index (κ1) is 29.5. The summed E-state index contributed by atoms with van der Waals surface area (Å²) < 4.78 is 96.0. The number of halogens is 7. The van der Waals surface area contributed by atoms with E-state index in [2.05, 4.69) is 0 Å². The molecule has 1 N–H and O–H groups in total. The van der Waals surface area contributed by atoms with Crippen molar-refractivity contribution in [3.05, 3.63) is 93.4 Å². The van der Waals surface area contributed by atoms with Gasteiger partial charge in [0.25, 0.3) is 0 Å². The van der Waals surface area contributed by atoms with Crippen LogP contribution in [0.5, 0.6) is 5.75 Å². The molecule has 0 bridgehead atoms. The van der Waals surface area contributed by atoms with E-state index < -0.39 is 87.8 Å². The number of phenols is 1. The molecule has 1 heterocycles. The van der Waals surface area contributed by atoms with Crippen LogP contribution < -0.4 is 4.90 Å². The average molecular weight is 619 g/mol. The largest absolute Gasteiger partial charge is 0.505 e. The summed E-state index contributed by atoms with van der Waals surface area (Å²) in [6.07, 6.45) is -8.28. The number of nitrogens with zero attached hydrogens (tertiary/aromatic N) is 1. The lowest BCUT2D eigenvalue weighted by Gasteiger charge is -2.42. The van der Waals surface area contributed by atoms with Crippen molar-refractivity contribution in [2.24, 2.45) is 17.8 Å². The molecule has 1 aliphatic heterocycles. The molecular weight excluding hydrogens is 599 g/mol. The van der Waals surface area contributed by atoms with Crippen molar-refractivity contribution in [2.45, 2.75) is 38.0 Å². The summed E-state index contributed by atoms with van der Waals surface area (Å²) in [6, 6.07) is 4.05. The van der Waals surface area contributed by atoms with E-state index in [1.54, 1.807) is 0 Å². The molecule has 13 heteroatoms. The number of imide groups is 1. The van der Waals surface area contributed by atoms with Crippen LogP contribution in [0.15, 0.2) is 70.8 Å². The molecule has 4 aliphatic rings. The number of aromatic hydroxyl groups is 1. The third kappa shape index (κ3) is 4.39. The third-order valence-electron chi connectivity index (χ3n) is 8.72. The Morgan fingerprint density at radius 3 is 2.14 bits per heavy atom. The van der Waals surface area contributed by atoms with Crippen molar-refractivity contribution in [1.82, 2.24) is 0 Å². The number of benzene rings is 2. The van der Waals surface area contributed by atoms with Crippen LogP contribution in [-0.2, 0) is 31.5 Å². The summed E-state index contributed by atoms with van der Waals surface area (Å²) in [5, 5.41) is 10.7. The molecule has 0 radical (unpaired) electrons. The summed E-state index contributed by atoms with van der Waals surface area (Å²) >= 11 is 0. The van der Waals surface area contributed by atoms with Gasteiger partial charge in [-0.2, -0.15) is 26.3 Å². The fourth-order valence-corrected chi connectivity index (χ4v) is 6.80. The number of carbonyl (C=O) groups excluding carboxylic acids is 4. The molecule has 2 amide bonds. The summed E-state index contributed by atoms with van der Waals surface area (Å²) in [7, 11) is 0. The molecule has 0 unspecified atom stereocenters. The molecule has 6 nitrogen and oxygen atoms in total. The van der Waals surface area contributed by atoms with Crippen LogP contribution in [0.1, 0.15) is 42.4 Å². The number of amides is 2. The van der Waals surface area contributed by atoms with Gasteiger partial charge in [0.1, 0.15) is 0 Å². The zero-order chi connectivity index (χ0) is 32.0. The lowest BCUT2D eigenvalue weighted by Crippen LogP contribution is -2.40. The Bertz CT molecular complexity index is 1750. The second kappa shape index (κ2) is 9.73. The number of alkyl halides is 6. The maximum absolute atomic E-state index is 14.5. The highest BCUT2D eigenvalue weighted by molar-refractivity contribution is 6.25. The quantitative estimate of drug-likeness (QED) is 0.187. The molecule has 4 atom stereocenters. The number of rotatable bonds is 2. The van der Waals surface area contributed by atoms with Crippen LogP contribution >= 0.6 is 0 Å². The SMILES string of the molecule is CC1=CC(=O)C2=C(C1=O)[C@@H](c1cccc(F)c1O)C1=CC[C@@H]3C(=O)N(c4cc(C(F)(F)F)cc(C(F)(F)F)c4)C(=O)[C@@H]3[C@@H]1C2. The van der Waals surface area contributed by atoms with E-state index >= 15 is 0 Å². The van der Waals surface area contributed by atoms with E-state index in [1.807, 2.05) is 0 Å². The van der Waals surface area contributed by atoms with Crippen molar-refractivity contribution in [2.75, 3.05) is 4.90 Å². The van der Waals surface area contributed by atoms with Crippen molar-refractivity contribution < 1.29 is 55.0 Å². The van der Waals surface area contributed by atoms with Gasteiger partial charge in [-0.3, -0.25) is 19.2 Å². The number of para-hydroxylation sites is 1. The average Bonchev–Trinajstić information content (AvgIpc) is 3.20. The number of anilines is 1. The Hall–Kier alpha value is -4.55. The lowest BCUT2D eigenvalue weighted by atomic mass is 9.59. The second-order valence-electron chi connectivity index (χ2n) is 11.2. The summed E-state index contributed by atoms with van der Waals surface area (Å²) in [5.41, 5.74) is -4.07. The van der Waals surface area contributed by atoms with Crippen LogP contribution in [0.3, 0.4) is 0 Å². The van der Waals surface area contributed by atoms with E-state index in [-0.39, 0.29) is 41.2 Å². The predicted octanol–water partition coefficient (Wildman–Crippen LogP) is 6.20. The van der Waals surface area contributed by atoms with E-state index in [4.69, 9.17) is 0 Å². The predicted molar refractivity (Wildman–Crippen MR) is 138 cm³/mol. The number of carbonyl (C=O) groups is 4. The highest BCUT2D eigenvalue weighted by atomic mass is 19.4. The van der Waals surface area contributed by atoms with Crippen LogP contribution in [0, 0.1) is 23.6 Å². The zero-order valence-corrected chi connectivity index (χ0v) is 22.5. The normalized spacial score (nSPS) is 25.5. The van der Waals surface area contributed by atoms with E-state index in [0.29, 0.717) is 22.6 Å². The fourth-order valence-electron chi connectivity index (χ4n) is 6.80. The van der Waals surface area contributed by atoms with Gasteiger partial charge < -0.3 is 5.11 Å². The van der Waals surface area contributed by atoms with E-state index in [9.17, 15) is 55.0 Å².